The van der Waals surface area contributed by atoms with E-state index in [4.69, 9.17) is 5.11 Å². The average Bonchev–Trinajstić information content (AvgIpc) is 2.15. The second-order valence-electron chi connectivity index (χ2n) is 4.37. The minimum Gasteiger partial charge on any atom is -0.480 e. The number of aliphatic carboxylic acids is 1. The molecule has 3 nitrogen and oxygen atoms in total. The van der Waals surface area contributed by atoms with Gasteiger partial charge in [-0.15, -0.1) is 0 Å². The highest BCUT2D eigenvalue weighted by Crippen LogP contribution is 2.06. The summed E-state index contributed by atoms with van der Waals surface area (Å²) in [4.78, 5) is 12.6. The topological polar surface area (TPSA) is 40.5 Å². The molecule has 1 N–H and O–H groups in total. The molecule has 15 heavy (non-hydrogen) atoms. The maximum atomic E-state index is 10.6. The van der Waals surface area contributed by atoms with Crippen LogP contribution in [-0.2, 0) is 4.79 Å². The molecule has 90 valence electrons. The van der Waals surface area contributed by atoms with Gasteiger partial charge in [-0.1, -0.05) is 32.6 Å². The third-order valence-electron chi connectivity index (χ3n) is 2.62. The normalized spacial score (nSPS) is 11.3. The van der Waals surface area contributed by atoms with Crippen LogP contribution in [0, 0.1) is 0 Å². The number of hydrogen-bond acceptors (Lipinski definition) is 2. The Morgan fingerprint density at radius 3 is 2.27 bits per heavy atom. The summed E-state index contributed by atoms with van der Waals surface area (Å²) in [6, 6.07) is 0.326. The van der Waals surface area contributed by atoms with Crippen molar-refractivity contribution in [3.63, 3.8) is 0 Å². The van der Waals surface area contributed by atoms with Crippen LogP contribution in [0.3, 0.4) is 0 Å². The molecule has 0 heterocycles. The van der Waals surface area contributed by atoms with Crippen LogP contribution in [0.25, 0.3) is 0 Å². The highest BCUT2D eigenvalue weighted by Gasteiger charge is 2.12. The van der Waals surface area contributed by atoms with E-state index in [0.717, 1.165) is 13.0 Å². The van der Waals surface area contributed by atoms with Crippen LogP contribution in [0.5, 0.6) is 0 Å². The van der Waals surface area contributed by atoms with Crippen molar-refractivity contribution in [2.75, 3.05) is 13.1 Å². The fourth-order valence-corrected chi connectivity index (χ4v) is 1.61. The van der Waals surface area contributed by atoms with Crippen molar-refractivity contribution >= 4 is 5.97 Å². The van der Waals surface area contributed by atoms with E-state index in [-0.39, 0.29) is 6.54 Å². The van der Waals surface area contributed by atoms with Gasteiger partial charge in [0.2, 0.25) is 0 Å². The Kier molecular flexibility index (Phi) is 8.38. The van der Waals surface area contributed by atoms with E-state index in [9.17, 15) is 4.79 Å². The van der Waals surface area contributed by atoms with Gasteiger partial charge in [0.25, 0.3) is 0 Å². The van der Waals surface area contributed by atoms with Gasteiger partial charge in [0.05, 0.1) is 6.54 Å². The molecule has 0 atom stereocenters. The third-order valence-corrected chi connectivity index (χ3v) is 2.62. The molecule has 0 rings (SSSR count). The number of unbranched alkanes of at least 4 members (excludes halogenated alkanes) is 4. The van der Waals surface area contributed by atoms with Crippen molar-refractivity contribution in [2.45, 2.75) is 58.9 Å². The number of rotatable bonds is 9. The van der Waals surface area contributed by atoms with Crippen molar-refractivity contribution in [3.05, 3.63) is 0 Å². The van der Waals surface area contributed by atoms with Gasteiger partial charge in [0, 0.05) is 6.04 Å². The van der Waals surface area contributed by atoms with Gasteiger partial charge in [-0.05, 0) is 26.8 Å². The summed E-state index contributed by atoms with van der Waals surface area (Å²) in [5.41, 5.74) is 0. The summed E-state index contributed by atoms with van der Waals surface area (Å²) in [6.07, 6.45) is 6.15. The molecule has 0 aromatic heterocycles. The van der Waals surface area contributed by atoms with Crippen molar-refractivity contribution in [2.24, 2.45) is 0 Å². The first-order chi connectivity index (χ1) is 7.07. The van der Waals surface area contributed by atoms with E-state index in [1.54, 1.807) is 0 Å². The van der Waals surface area contributed by atoms with Gasteiger partial charge >= 0.3 is 5.97 Å². The van der Waals surface area contributed by atoms with Crippen LogP contribution in [-0.4, -0.2) is 35.1 Å². The predicted molar refractivity (Wildman–Crippen MR) is 63.1 cm³/mol. The number of carboxylic acids is 1. The lowest BCUT2D eigenvalue weighted by Gasteiger charge is -2.24. The van der Waals surface area contributed by atoms with Gasteiger partial charge in [0.15, 0.2) is 0 Å². The maximum Gasteiger partial charge on any atom is 0.317 e. The average molecular weight is 215 g/mol. The van der Waals surface area contributed by atoms with Gasteiger partial charge in [0.1, 0.15) is 0 Å². The second kappa shape index (κ2) is 8.72. The standard InChI is InChI=1S/C12H25NO2/c1-4-5-6-7-8-9-13(11(2)3)10-12(14)15/h11H,4-10H2,1-3H3,(H,14,15). The summed E-state index contributed by atoms with van der Waals surface area (Å²) < 4.78 is 0. The first-order valence-electron chi connectivity index (χ1n) is 6.03. The van der Waals surface area contributed by atoms with Crippen LogP contribution in [0.2, 0.25) is 0 Å². The van der Waals surface area contributed by atoms with Crippen LogP contribution < -0.4 is 0 Å². The van der Waals surface area contributed by atoms with Gasteiger partial charge in [-0.2, -0.15) is 0 Å². The molecule has 0 fully saturated rings. The molecule has 0 bridgehead atoms. The molecule has 0 aliphatic carbocycles. The highest BCUT2D eigenvalue weighted by atomic mass is 16.4. The van der Waals surface area contributed by atoms with Gasteiger partial charge < -0.3 is 5.11 Å². The molecule has 0 aromatic carbocycles. The summed E-state index contributed by atoms with van der Waals surface area (Å²) in [5, 5.41) is 8.73. The van der Waals surface area contributed by atoms with Crippen molar-refractivity contribution in [3.8, 4) is 0 Å². The molecule has 0 unspecified atom stereocenters. The molecule has 0 saturated carbocycles. The molecule has 0 spiro atoms. The monoisotopic (exact) mass is 215 g/mol. The molecule has 0 aliphatic heterocycles. The zero-order chi connectivity index (χ0) is 11.7. The lowest BCUT2D eigenvalue weighted by Crippen LogP contribution is -2.36. The fourth-order valence-electron chi connectivity index (χ4n) is 1.61. The molecule has 0 saturated heterocycles. The SMILES string of the molecule is CCCCCCCN(CC(=O)O)C(C)C. The number of carboxylic acid groups (broad SMARTS) is 1. The minimum atomic E-state index is -0.725. The lowest BCUT2D eigenvalue weighted by atomic mass is 10.1. The molecule has 0 aromatic rings. The number of hydrogen-bond donors (Lipinski definition) is 1. The molecular formula is C12H25NO2. The van der Waals surface area contributed by atoms with E-state index in [1.165, 1.54) is 25.7 Å². The Hall–Kier alpha value is -0.570. The first-order valence-corrected chi connectivity index (χ1v) is 6.03. The predicted octanol–water partition coefficient (Wildman–Crippen LogP) is 2.75. The van der Waals surface area contributed by atoms with Crippen LogP contribution in [0.4, 0.5) is 0 Å². The Morgan fingerprint density at radius 1 is 1.20 bits per heavy atom. The van der Waals surface area contributed by atoms with E-state index in [2.05, 4.69) is 20.8 Å². The van der Waals surface area contributed by atoms with E-state index in [0.29, 0.717) is 6.04 Å². The van der Waals surface area contributed by atoms with Crippen molar-refractivity contribution in [1.29, 1.82) is 0 Å². The van der Waals surface area contributed by atoms with Crippen LogP contribution >= 0.6 is 0 Å². The molecule has 0 radical (unpaired) electrons. The Labute approximate surface area is 93.5 Å². The zero-order valence-electron chi connectivity index (χ0n) is 10.3. The van der Waals surface area contributed by atoms with E-state index in [1.807, 2.05) is 4.90 Å². The summed E-state index contributed by atoms with van der Waals surface area (Å²) in [6.45, 7) is 7.38. The minimum absolute atomic E-state index is 0.172. The maximum absolute atomic E-state index is 10.6. The largest absolute Gasteiger partial charge is 0.480 e. The first kappa shape index (κ1) is 14.4. The van der Waals surface area contributed by atoms with Crippen LogP contribution in [0.15, 0.2) is 0 Å². The number of carbonyl (C=O) groups is 1. The van der Waals surface area contributed by atoms with E-state index < -0.39 is 5.97 Å². The molecular weight excluding hydrogens is 190 g/mol. The van der Waals surface area contributed by atoms with Gasteiger partial charge in [-0.25, -0.2) is 0 Å². The van der Waals surface area contributed by atoms with Crippen LogP contribution in [0.1, 0.15) is 52.9 Å². The molecule has 0 aliphatic rings. The van der Waals surface area contributed by atoms with Crippen molar-refractivity contribution in [1.82, 2.24) is 4.90 Å². The summed E-state index contributed by atoms with van der Waals surface area (Å²) in [7, 11) is 0. The fraction of sp³-hybridized carbons (Fsp3) is 0.917. The summed E-state index contributed by atoms with van der Waals surface area (Å²) in [5.74, 6) is -0.725. The molecule has 3 heteroatoms. The highest BCUT2D eigenvalue weighted by molar-refractivity contribution is 5.69. The quantitative estimate of drug-likeness (QED) is 0.601. The Morgan fingerprint density at radius 2 is 1.80 bits per heavy atom. The van der Waals surface area contributed by atoms with Crippen molar-refractivity contribution < 1.29 is 9.90 Å². The zero-order valence-corrected chi connectivity index (χ0v) is 10.3. The van der Waals surface area contributed by atoms with E-state index >= 15 is 0 Å². The lowest BCUT2D eigenvalue weighted by molar-refractivity contribution is -0.138. The third kappa shape index (κ3) is 8.43. The van der Waals surface area contributed by atoms with Gasteiger partial charge in [-0.3, -0.25) is 9.69 Å². The Balaban J connectivity index is 3.62. The second-order valence-corrected chi connectivity index (χ2v) is 4.37. The number of nitrogens with zero attached hydrogens (tertiary/aromatic N) is 1. The molecule has 0 amide bonds. The summed E-state index contributed by atoms with van der Waals surface area (Å²) >= 11 is 0. The smallest absolute Gasteiger partial charge is 0.317 e. The Bertz CT molecular complexity index is 169.